The molecule has 0 bridgehead atoms. The highest BCUT2D eigenvalue weighted by Gasteiger charge is 2.18. The van der Waals surface area contributed by atoms with Crippen molar-refractivity contribution < 1.29 is 24.1 Å². The second kappa shape index (κ2) is 10.8. The van der Waals surface area contributed by atoms with Gasteiger partial charge in [-0.3, -0.25) is 4.79 Å². The molecular formula is C18H28O5. The third kappa shape index (κ3) is 6.38. The van der Waals surface area contributed by atoms with Crippen LogP contribution in [-0.4, -0.2) is 30.9 Å². The van der Waals surface area contributed by atoms with Gasteiger partial charge in [-0.25, -0.2) is 0 Å². The van der Waals surface area contributed by atoms with Crippen LogP contribution < -0.4 is 14.2 Å². The SMILES string of the molecule is CCCOc1ccc(CCC(=O)O)c(OCCC)c1OCCC. The summed E-state index contributed by atoms with van der Waals surface area (Å²) in [7, 11) is 0. The van der Waals surface area contributed by atoms with Gasteiger partial charge in [-0.1, -0.05) is 26.8 Å². The van der Waals surface area contributed by atoms with Crippen molar-refractivity contribution in [3.8, 4) is 17.2 Å². The number of benzene rings is 1. The molecule has 130 valence electrons. The Morgan fingerprint density at radius 3 is 2.04 bits per heavy atom. The zero-order valence-corrected chi connectivity index (χ0v) is 14.4. The third-order valence-corrected chi connectivity index (χ3v) is 3.13. The maximum Gasteiger partial charge on any atom is 0.303 e. The first-order valence-corrected chi connectivity index (χ1v) is 8.40. The molecule has 1 aromatic rings. The van der Waals surface area contributed by atoms with Crippen LogP contribution in [0.4, 0.5) is 0 Å². The lowest BCUT2D eigenvalue weighted by Crippen LogP contribution is -2.08. The Morgan fingerprint density at radius 1 is 0.913 bits per heavy atom. The summed E-state index contributed by atoms with van der Waals surface area (Å²) in [6.45, 7) is 7.83. The van der Waals surface area contributed by atoms with E-state index in [0.717, 1.165) is 24.8 Å². The molecule has 5 nitrogen and oxygen atoms in total. The molecule has 23 heavy (non-hydrogen) atoms. The van der Waals surface area contributed by atoms with Crippen molar-refractivity contribution in [3.63, 3.8) is 0 Å². The number of aryl methyl sites for hydroxylation is 1. The van der Waals surface area contributed by atoms with Gasteiger partial charge in [0.15, 0.2) is 11.5 Å². The highest BCUT2D eigenvalue weighted by Crippen LogP contribution is 2.41. The van der Waals surface area contributed by atoms with Crippen molar-refractivity contribution >= 4 is 5.97 Å². The topological polar surface area (TPSA) is 65.0 Å². The van der Waals surface area contributed by atoms with Crippen molar-refractivity contribution in [2.75, 3.05) is 19.8 Å². The summed E-state index contributed by atoms with van der Waals surface area (Å²) in [6.07, 6.45) is 3.11. The molecule has 1 aromatic carbocycles. The van der Waals surface area contributed by atoms with Crippen molar-refractivity contribution in [3.05, 3.63) is 17.7 Å². The summed E-state index contributed by atoms with van der Waals surface area (Å²) in [5, 5.41) is 8.93. The first-order valence-electron chi connectivity index (χ1n) is 8.40. The molecular weight excluding hydrogens is 296 g/mol. The quantitative estimate of drug-likeness (QED) is 0.628. The molecule has 0 atom stereocenters. The lowest BCUT2D eigenvalue weighted by molar-refractivity contribution is -0.136. The molecule has 0 saturated carbocycles. The minimum atomic E-state index is -0.825. The Bertz CT molecular complexity index is 485. The smallest absolute Gasteiger partial charge is 0.303 e. The predicted molar refractivity (Wildman–Crippen MR) is 89.8 cm³/mol. The maximum atomic E-state index is 10.9. The predicted octanol–water partition coefficient (Wildman–Crippen LogP) is 4.07. The van der Waals surface area contributed by atoms with Gasteiger partial charge < -0.3 is 19.3 Å². The molecule has 0 aliphatic carbocycles. The van der Waals surface area contributed by atoms with Gasteiger partial charge in [0.05, 0.1) is 19.8 Å². The van der Waals surface area contributed by atoms with Crippen LogP contribution in [-0.2, 0) is 11.2 Å². The van der Waals surface area contributed by atoms with Crippen LogP contribution in [0.1, 0.15) is 52.0 Å². The molecule has 1 N–H and O–H groups in total. The van der Waals surface area contributed by atoms with Crippen LogP contribution in [0.2, 0.25) is 0 Å². The van der Waals surface area contributed by atoms with Crippen molar-refractivity contribution in [2.45, 2.75) is 52.9 Å². The number of carboxylic acid groups (broad SMARTS) is 1. The first-order chi connectivity index (χ1) is 11.1. The molecule has 0 aromatic heterocycles. The van der Waals surface area contributed by atoms with Gasteiger partial charge in [0.2, 0.25) is 5.75 Å². The lowest BCUT2D eigenvalue weighted by atomic mass is 10.1. The van der Waals surface area contributed by atoms with Gasteiger partial charge in [-0.15, -0.1) is 0 Å². The van der Waals surface area contributed by atoms with Crippen molar-refractivity contribution in [2.24, 2.45) is 0 Å². The van der Waals surface area contributed by atoms with E-state index in [9.17, 15) is 4.79 Å². The minimum Gasteiger partial charge on any atom is -0.490 e. The lowest BCUT2D eigenvalue weighted by Gasteiger charge is -2.19. The minimum absolute atomic E-state index is 0.0604. The van der Waals surface area contributed by atoms with Crippen molar-refractivity contribution in [1.29, 1.82) is 0 Å². The van der Waals surface area contributed by atoms with Crippen LogP contribution >= 0.6 is 0 Å². The van der Waals surface area contributed by atoms with Crippen LogP contribution in [0.15, 0.2) is 12.1 Å². The Morgan fingerprint density at radius 2 is 1.48 bits per heavy atom. The van der Waals surface area contributed by atoms with E-state index in [4.69, 9.17) is 19.3 Å². The van der Waals surface area contributed by atoms with E-state index in [-0.39, 0.29) is 6.42 Å². The standard InChI is InChI=1S/C18H28O5/c1-4-11-21-15-9-7-14(8-10-16(19)20)17(22-12-5-2)18(15)23-13-6-3/h7,9H,4-6,8,10-13H2,1-3H3,(H,19,20). The number of rotatable bonds is 12. The first kappa shape index (κ1) is 19.1. The molecule has 0 amide bonds. The fourth-order valence-corrected chi connectivity index (χ4v) is 2.05. The highest BCUT2D eigenvalue weighted by molar-refractivity contribution is 5.67. The fraction of sp³-hybridized carbons (Fsp3) is 0.611. The number of hydrogen-bond donors (Lipinski definition) is 1. The normalized spacial score (nSPS) is 10.4. The molecule has 0 aliphatic rings. The van der Waals surface area contributed by atoms with Crippen LogP contribution in [0.3, 0.4) is 0 Å². The summed E-state index contributed by atoms with van der Waals surface area (Å²) in [5.74, 6) is 1.05. The van der Waals surface area contributed by atoms with Crippen LogP contribution in [0.25, 0.3) is 0 Å². The average molecular weight is 324 g/mol. The summed E-state index contributed by atoms with van der Waals surface area (Å²) in [6, 6.07) is 3.72. The van der Waals surface area contributed by atoms with Crippen molar-refractivity contribution in [1.82, 2.24) is 0 Å². The number of aliphatic carboxylic acids is 1. The summed E-state index contributed by atoms with van der Waals surface area (Å²) in [5.41, 5.74) is 0.843. The Labute approximate surface area is 138 Å². The van der Waals surface area contributed by atoms with Gasteiger partial charge in [-0.05, 0) is 37.3 Å². The summed E-state index contributed by atoms with van der Waals surface area (Å²) < 4.78 is 17.5. The molecule has 5 heteroatoms. The van der Waals surface area contributed by atoms with E-state index in [1.54, 1.807) is 0 Å². The van der Waals surface area contributed by atoms with Gasteiger partial charge in [0.1, 0.15) is 0 Å². The third-order valence-electron chi connectivity index (χ3n) is 3.13. The van der Waals surface area contributed by atoms with E-state index in [0.29, 0.717) is 43.5 Å². The second-order valence-corrected chi connectivity index (χ2v) is 5.32. The van der Waals surface area contributed by atoms with Gasteiger partial charge in [0.25, 0.3) is 0 Å². The second-order valence-electron chi connectivity index (χ2n) is 5.32. The molecule has 0 radical (unpaired) electrons. The number of ether oxygens (including phenoxy) is 3. The summed E-state index contributed by atoms with van der Waals surface area (Å²) in [4.78, 5) is 10.9. The van der Waals surface area contributed by atoms with Gasteiger partial charge in [-0.2, -0.15) is 0 Å². The molecule has 0 saturated heterocycles. The molecule has 0 aliphatic heterocycles. The Kier molecular flexibility index (Phi) is 8.95. The maximum absolute atomic E-state index is 10.9. The monoisotopic (exact) mass is 324 g/mol. The molecule has 1 rings (SSSR count). The van der Waals surface area contributed by atoms with Gasteiger partial charge in [0, 0.05) is 6.42 Å². The van der Waals surface area contributed by atoms with Gasteiger partial charge >= 0.3 is 5.97 Å². The Hall–Kier alpha value is -1.91. The zero-order valence-electron chi connectivity index (χ0n) is 14.4. The number of carbonyl (C=O) groups is 1. The fourth-order valence-electron chi connectivity index (χ4n) is 2.05. The van der Waals surface area contributed by atoms with Crippen LogP contribution in [0, 0.1) is 0 Å². The van der Waals surface area contributed by atoms with E-state index in [1.807, 2.05) is 32.9 Å². The average Bonchev–Trinajstić information content (AvgIpc) is 2.54. The van der Waals surface area contributed by atoms with E-state index in [1.165, 1.54) is 0 Å². The number of hydrogen-bond acceptors (Lipinski definition) is 4. The zero-order chi connectivity index (χ0) is 17.1. The summed E-state index contributed by atoms with van der Waals surface area (Å²) >= 11 is 0. The largest absolute Gasteiger partial charge is 0.490 e. The molecule has 0 spiro atoms. The molecule has 0 unspecified atom stereocenters. The molecule has 0 heterocycles. The van der Waals surface area contributed by atoms with E-state index in [2.05, 4.69) is 0 Å². The Balaban J connectivity index is 3.14. The number of carboxylic acids is 1. The van der Waals surface area contributed by atoms with E-state index >= 15 is 0 Å². The van der Waals surface area contributed by atoms with Crippen LogP contribution in [0.5, 0.6) is 17.2 Å². The molecule has 0 fully saturated rings. The van der Waals surface area contributed by atoms with E-state index < -0.39 is 5.97 Å². The highest BCUT2D eigenvalue weighted by atomic mass is 16.5.